The Balaban J connectivity index is 2.42. The Morgan fingerprint density at radius 2 is 1.82 bits per heavy atom. The van der Waals surface area contributed by atoms with Crippen LogP contribution in [0.5, 0.6) is 5.75 Å². The summed E-state index contributed by atoms with van der Waals surface area (Å²) in [5, 5.41) is 8.42. The minimum absolute atomic E-state index is 0.0284. The zero-order chi connectivity index (χ0) is 12.5. The van der Waals surface area contributed by atoms with Crippen LogP contribution in [0, 0.1) is 0 Å². The fourth-order valence-corrected chi connectivity index (χ4v) is 2.43. The monoisotopic (exact) mass is 246 g/mol. The Kier molecular flexibility index (Phi) is 3.28. The number of hydrogen-bond donors (Lipinski definition) is 1. The van der Waals surface area contributed by atoms with E-state index in [9.17, 15) is 13.2 Å². The van der Waals surface area contributed by atoms with Crippen LogP contribution in [0.4, 0.5) is 13.2 Å². The predicted octanol–water partition coefficient (Wildman–Crippen LogP) is 4.21. The van der Waals surface area contributed by atoms with E-state index in [0.717, 1.165) is 31.7 Å². The van der Waals surface area contributed by atoms with Gasteiger partial charge in [0.2, 0.25) is 0 Å². The normalized spacial score (nSPS) is 17.4. The molecule has 2 rings (SSSR count). The van der Waals surface area contributed by atoms with E-state index < -0.39 is 11.7 Å². The van der Waals surface area contributed by atoms with Crippen LogP contribution in [0.3, 0.4) is 0 Å². The number of alkyl halides is 3. The van der Waals surface area contributed by atoms with Crippen LogP contribution in [0.2, 0.25) is 0 Å². The second-order valence-corrected chi connectivity index (χ2v) is 4.32. The van der Waals surface area contributed by atoms with Gasteiger partial charge in [-0.05, 0) is 36.5 Å². The van der Waals surface area contributed by atoms with Crippen LogP contribution in [-0.4, -0.2) is 5.26 Å². The molecule has 2 nitrogen and oxygen atoms in total. The number of rotatable bonds is 2. The summed E-state index contributed by atoms with van der Waals surface area (Å²) in [4.78, 5) is 3.87. The van der Waals surface area contributed by atoms with E-state index in [0.29, 0.717) is 5.56 Å². The van der Waals surface area contributed by atoms with Crippen molar-refractivity contribution >= 4 is 0 Å². The molecule has 0 saturated heterocycles. The number of halogens is 3. The summed E-state index contributed by atoms with van der Waals surface area (Å²) in [5.74, 6) is -0.210. The molecule has 17 heavy (non-hydrogen) atoms. The largest absolute Gasteiger partial charge is 0.416 e. The Morgan fingerprint density at radius 1 is 1.18 bits per heavy atom. The second-order valence-electron chi connectivity index (χ2n) is 4.32. The minimum atomic E-state index is -4.41. The lowest BCUT2D eigenvalue weighted by molar-refractivity contribution is -0.144. The standard InChI is InChI=1S/C12H13F3O2/c13-12(14,15)11-7-9(17-16)5-6-10(11)8-3-1-2-4-8/h5-8,16H,1-4H2. The number of hydrogen-bond acceptors (Lipinski definition) is 2. The van der Waals surface area contributed by atoms with E-state index in [1.807, 2.05) is 0 Å². The fourth-order valence-electron chi connectivity index (χ4n) is 2.43. The molecule has 1 aromatic rings. The van der Waals surface area contributed by atoms with Crippen molar-refractivity contribution < 1.29 is 23.3 Å². The van der Waals surface area contributed by atoms with Crippen molar-refractivity contribution in [3.63, 3.8) is 0 Å². The molecule has 1 fully saturated rings. The molecular weight excluding hydrogens is 233 g/mol. The van der Waals surface area contributed by atoms with Crippen LogP contribution in [0.15, 0.2) is 18.2 Å². The summed E-state index contributed by atoms with van der Waals surface area (Å²) in [6, 6.07) is 3.63. The van der Waals surface area contributed by atoms with E-state index in [-0.39, 0.29) is 11.7 Å². The third-order valence-electron chi connectivity index (χ3n) is 3.23. The molecule has 1 aliphatic rings. The lowest BCUT2D eigenvalue weighted by Crippen LogP contribution is -2.11. The molecule has 0 unspecified atom stereocenters. The van der Waals surface area contributed by atoms with Crippen LogP contribution in [0.25, 0.3) is 0 Å². The highest BCUT2D eigenvalue weighted by atomic mass is 19.4. The molecular formula is C12H13F3O2. The Labute approximate surface area is 96.9 Å². The third kappa shape index (κ3) is 2.54. The van der Waals surface area contributed by atoms with Crippen molar-refractivity contribution in [2.24, 2.45) is 0 Å². The molecule has 1 saturated carbocycles. The Morgan fingerprint density at radius 3 is 2.35 bits per heavy atom. The van der Waals surface area contributed by atoms with Gasteiger partial charge < -0.3 is 4.89 Å². The van der Waals surface area contributed by atoms with Gasteiger partial charge >= 0.3 is 6.18 Å². The van der Waals surface area contributed by atoms with Gasteiger partial charge in [0.05, 0.1) is 5.56 Å². The van der Waals surface area contributed by atoms with E-state index in [1.165, 1.54) is 12.1 Å². The van der Waals surface area contributed by atoms with Gasteiger partial charge in [-0.2, -0.15) is 13.2 Å². The van der Waals surface area contributed by atoms with Crippen molar-refractivity contribution in [3.05, 3.63) is 29.3 Å². The SMILES string of the molecule is OOc1ccc(C2CCCC2)c(C(F)(F)F)c1. The predicted molar refractivity (Wildman–Crippen MR) is 55.9 cm³/mol. The molecule has 0 aliphatic heterocycles. The average Bonchev–Trinajstić information content (AvgIpc) is 2.80. The average molecular weight is 246 g/mol. The van der Waals surface area contributed by atoms with Crippen molar-refractivity contribution in [2.75, 3.05) is 0 Å². The van der Waals surface area contributed by atoms with E-state index in [2.05, 4.69) is 4.89 Å². The highest BCUT2D eigenvalue weighted by molar-refractivity contribution is 5.39. The van der Waals surface area contributed by atoms with Crippen LogP contribution >= 0.6 is 0 Å². The van der Waals surface area contributed by atoms with Crippen molar-refractivity contribution in [2.45, 2.75) is 37.8 Å². The van der Waals surface area contributed by atoms with Crippen molar-refractivity contribution in [3.8, 4) is 5.75 Å². The quantitative estimate of drug-likeness (QED) is 0.625. The molecule has 0 aromatic heterocycles. The summed E-state index contributed by atoms with van der Waals surface area (Å²) >= 11 is 0. The Hall–Kier alpha value is -1.23. The van der Waals surface area contributed by atoms with Gasteiger partial charge in [-0.1, -0.05) is 18.9 Å². The lowest BCUT2D eigenvalue weighted by Gasteiger charge is -2.17. The van der Waals surface area contributed by atoms with E-state index in [4.69, 9.17) is 5.26 Å². The first kappa shape index (κ1) is 12.2. The molecule has 1 aliphatic carbocycles. The van der Waals surface area contributed by atoms with Gasteiger partial charge in [-0.15, -0.1) is 0 Å². The number of benzene rings is 1. The zero-order valence-corrected chi connectivity index (χ0v) is 9.13. The fraction of sp³-hybridized carbons (Fsp3) is 0.500. The van der Waals surface area contributed by atoms with Gasteiger partial charge in [-0.3, -0.25) is 0 Å². The van der Waals surface area contributed by atoms with Gasteiger partial charge in [0, 0.05) is 0 Å². The highest BCUT2D eigenvalue weighted by Gasteiger charge is 2.36. The molecule has 0 amide bonds. The smallest absolute Gasteiger partial charge is 0.340 e. The molecule has 1 aromatic carbocycles. The lowest BCUT2D eigenvalue weighted by atomic mass is 9.92. The first-order chi connectivity index (χ1) is 8.02. The molecule has 1 N–H and O–H groups in total. The first-order valence-electron chi connectivity index (χ1n) is 5.55. The zero-order valence-electron chi connectivity index (χ0n) is 9.13. The van der Waals surface area contributed by atoms with Gasteiger partial charge in [0.15, 0.2) is 5.75 Å². The van der Waals surface area contributed by atoms with Gasteiger partial charge in [-0.25, -0.2) is 5.26 Å². The maximum absolute atomic E-state index is 12.9. The van der Waals surface area contributed by atoms with Crippen LogP contribution in [0.1, 0.15) is 42.7 Å². The summed E-state index contributed by atoms with van der Waals surface area (Å²) in [7, 11) is 0. The minimum Gasteiger partial charge on any atom is -0.340 e. The van der Waals surface area contributed by atoms with Gasteiger partial charge in [0.25, 0.3) is 0 Å². The summed E-state index contributed by atoms with van der Waals surface area (Å²) < 4.78 is 38.6. The van der Waals surface area contributed by atoms with Crippen LogP contribution in [-0.2, 0) is 6.18 Å². The highest BCUT2D eigenvalue weighted by Crippen LogP contribution is 2.42. The summed E-state index contributed by atoms with van der Waals surface area (Å²) in [6.07, 6.45) is -0.877. The maximum atomic E-state index is 12.9. The molecule has 0 bridgehead atoms. The summed E-state index contributed by atoms with van der Waals surface area (Å²) in [5.41, 5.74) is -0.383. The van der Waals surface area contributed by atoms with E-state index in [1.54, 1.807) is 0 Å². The molecule has 0 spiro atoms. The maximum Gasteiger partial charge on any atom is 0.416 e. The van der Waals surface area contributed by atoms with Crippen LogP contribution < -0.4 is 4.89 Å². The third-order valence-corrected chi connectivity index (χ3v) is 3.23. The molecule has 0 atom stereocenters. The van der Waals surface area contributed by atoms with Gasteiger partial charge in [0.1, 0.15) is 0 Å². The molecule has 94 valence electrons. The first-order valence-corrected chi connectivity index (χ1v) is 5.55. The molecule has 5 heteroatoms. The van der Waals surface area contributed by atoms with E-state index >= 15 is 0 Å². The summed E-state index contributed by atoms with van der Waals surface area (Å²) in [6.45, 7) is 0. The second kappa shape index (κ2) is 4.56. The molecule has 0 radical (unpaired) electrons. The molecule has 0 heterocycles. The topological polar surface area (TPSA) is 29.5 Å². The van der Waals surface area contributed by atoms with Crippen molar-refractivity contribution in [1.82, 2.24) is 0 Å². The Bertz CT molecular complexity index is 395. The van der Waals surface area contributed by atoms with Crippen molar-refractivity contribution in [1.29, 1.82) is 0 Å².